The summed E-state index contributed by atoms with van der Waals surface area (Å²) in [5.74, 6) is 0.333. The van der Waals surface area contributed by atoms with Crippen LogP contribution in [0, 0.1) is 5.82 Å². The quantitative estimate of drug-likeness (QED) is 0.477. The van der Waals surface area contributed by atoms with Crippen LogP contribution in [0.15, 0.2) is 29.3 Å². The highest BCUT2D eigenvalue weighted by molar-refractivity contribution is 5.77. The van der Waals surface area contributed by atoms with Gasteiger partial charge < -0.3 is 11.1 Å². The van der Waals surface area contributed by atoms with Crippen molar-refractivity contribution in [3.63, 3.8) is 0 Å². The minimum atomic E-state index is -0.188. The third kappa shape index (κ3) is 3.50. The summed E-state index contributed by atoms with van der Waals surface area (Å²) in [6, 6.07) is 6.82. The predicted molar refractivity (Wildman–Crippen MR) is 81.3 cm³/mol. The lowest BCUT2D eigenvalue weighted by atomic mass is 9.64. The number of nitrogens with two attached hydrogens (primary N) is 1. The van der Waals surface area contributed by atoms with Crippen LogP contribution in [0.4, 0.5) is 4.39 Å². The molecule has 0 radical (unpaired) electrons. The van der Waals surface area contributed by atoms with Gasteiger partial charge in [-0.1, -0.05) is 31.9 Å². The number of nitrogens with zero attached hydrogens (tertiary/aromatic N) is 1. The number of hydrogen-bond acceptors (Lipinski definition) is 1. The highest BCUT2D eigenvalue weighted by Gasteiger charge is 2.38. The Labute approximate surface area is 120 Å². The normalized spacial score (nSPS) is 17.6. The standard InChI is InChI=1S/C16H24FN3/c1-2-3-11-19-15(18)20-12-16(9-4-10-16)13-5-7-14(17)8-6-13/h5-8H,2-4,9-12H2,1H3,(H3,18,19,20). The van der Waals surface area contributed by atoms with Crippen molar-refractivity contribution in [2.45, 2.75) is 44.4 Å². The first-order chi connectivity index (χ1) is 9.66. The van der Waals surface area contributed by atoms with E-state index in [1.807, 2.05) is 12.1 Å². The average molecular weight is 277 g/mol. The van der Waals surface area contributed by atoms with Gasteiger partial charge in [-0.3, -0.25) is 4.99 Å². The Morgan fingerprint density at radius 3 is 2.60 bits per heavy atom. The zero-order chi connectivity index (χ0) is 14.4. The van der Waals surface area contributed by atoms with Gasteiger partial charge in [0.1, 0.15) is 5.82 Å². The van der Waals surface area contributed by atoms with Crippen molar-refractivity contribution in [2.24, 2.45) is 10.7 Å². The van der Waals surface area contributed by atoms with E-state index >= 15 is 0 Å². The molecule has 3 N–H and O–H groups in total. The van der Waals surface area contributed by atoms with Crippen LogP contribution in [0.25, 0.3) is 0 Å². The molecule has 0 heterocycles. The summed E-state index contributed by atoms with van der Waals surface area (Å²) in [4.78, 5) is 4.48. The summed E-state index contributed by atoms with van der Waals surface area (Å²) >= 11 is 0. The molecule has 0 aromatic heterocycles. The second kappa shape index (κ2) is 6.73. The van der Waals surface area contributed by atoms with Crippen molar-refractivity contribution in [3.05, 3.63) is 35.6 Å². The van der Waals surface area contributed by atoms with Gasteiger partial charge in [-0.25, -0.2) is 4.39 Å². The fraction of sp³-hybridized carbons (Fsp3) is 0.562. The molecular weight excluding hydrogens is 253 g/mol. The Morgan fingerprint density at radius 1 is 1.35 bits per heavy atom. The minimum absolute atomic E-state index is 0.0603. The summed E-state index contributed by atoms with van der Waals surface area (Å²) in [6.07, 6.45) is 5.64. The van der Waals surface area contributed by atoms with E-state index in [0.717, 1.165) is 32.2 Å². The predicted octanol–water partition coefficient (Wildman–Crippen LogP) is 2.95. The van der Waals surface area contributed by atoms with Gasteiger partial charge in [0.2, 0.25) is 0 Å². The number of nitrogens with one attached hydrogen (secondary N) is 1. The van der Waals surface area contributed by atoms with Gasteiger partial charge in [0.15, 0.2) is 5.96 Å². The number of benzene rings is 1. The molecule has 1 aliphatic rings. The van der Waals surface area contributed by atoms with E-state index in [0.29, 0.717) is 12.5 Å². The number of aliphatic imine (C=N–C) groups is 1. The molecule has 0 saturated heterocycles. The van der Waals surface area contributed by atoms with Gasteiger partial charge in [0.25, 0.3) is 0 Å². The maximum absolute atomic E-state index is 13.0. The molecular formula is C16H24FN3. The number of guanidine groups is 1. The first-order valence-corrected chi connectivity index (χ1v) is 7.46. The van der Waals surface area contributed by atoms with Crippen LogP contribution < -0.4 is 11.1 Å². The smallest absolute Gasteiger partial charge is 0.188 e. The van der Waals surface area contributed by atoms with Gasteiger partial charge in [-0.05, 0) is 37.0 Å². The van der Waals surface area contributed by atoms with Gasteiger partial charge in [-0.2, -0.15) is 0 Å². The Hall–Kier alpha value is -1.58. The second-order valence-corrected chi connectivity index (χ2v) is 5.62. The Balaban J connectivity index is 1.98. The van der Waals surface area contributed by atoms with E-state index in [2.05, 4.69) is 17.2 Å². The molecule has 0 atom stereocenters. The van der Waals surface area contributed by atoms with E-state index < -0.39 is 0 Å². The molecule has 20 heavy (non-hydrogen) atoms. The Bertz CT molecular complexity index is 449. The molecule has 1 aromatic rings. The van der Waals surface area contributed by atoms with Gasteiger partial charge in [0.05, 0.1) is 6.54 Å². The Kier molecular flexibility index (Phi) is 4.99. The summed E-state index contributed by atoms with van der Waals surface area (Å²) < 4.78 is 13.0. The molecule has 4 heteroatoms. The molecule has 0 spiro atoms. The molecule has 3 nitrogen and oxygen atoms in total. The van der Waals surface area contributed by atoms with Crippen LogP contribution in [0.3, 0.4) is 0 Å². The van der Waals surface area contributed by atoms with Crippen LogP contribution in [-0.4, -0.2) is 19.0 Å². The second-order valence-electron chi connectivity index (χ2n) is 5.62. The molecule has 2 rings (SSSR count). The minimum Gasteiger partial charge on any atom is -0.370 e. The molecule has 0 aliphatic heterocycles. The summed E-state index contributed by atoms with van der Waals surface area (Å²) in [5.41, 5.74) is 7.12. The van der Waals surface area contributed by atoms with Crippen molar-refractivity contribution in [1.82, 2.24) is 5.32 Å². The average Bonchev–Trinajstić information content (AvgIpc) is 2.40. The third-order valence-electron chi connectivity index (χ3n) is 4.16. The number of hydrogen-bond donors (Lipinski definition) is 2. The number of rotatable bonds is 6. The highest BCUT2D eigenvalue weighted by Crippen LogP contribution is 2.43. The van der Waals surface area contributed by atoms with Crippen LogP contribution >= 0.6 is 0 Å². The molecule has 0 amide bonds. The van der Waals surface area contributed by atoms with E-state index in [9.17, 15) is 4.39 Å². The van der Waals surface area contributed by atoms with Gasteiger partial charge >= 0.3 is 0 Å². The maximum Gasteiger partial charge on any atom is 0.188 e. The van der Waals surface area contributed by atoms with Crippen molar-refractivity contribution in [1.29, 1.82) is 0 Å². The molecule has 1 aliphatic carbocycles. The van der Waals surface area contributed by atoms with Gasteiger partial charge in [-0.15, -0.1) is 0 Å². The molecule has 1 aromatic carbocycles. The number of unbranched alkanes of at least 4 members (excludes halogenated alkanes) is 1. The van der Waals surface area contributed by atoms with Crippen LogP contribution in [0.1, 0.15) is 44.6 Å². The van der Waals surface area contributed by atoms with Crippen molar-refractivity contribution < 1.29 is 4.39 Å². The van der Waals surface area contributed by atoms with Crippen molar-refractivity contribution in [3.8, 4) is 0 Å². The lowest BCUT2D eigenvalue weighted by Crippen LogP contribution is -2.40. The zero-order valence-electron chi connectivity index (χ0n) is 12.2. The summed E-state index contributed by atoms with van der Waals surface area (Å²) in [6.45, 7) is 3.70. The molecule has 1 fully saturated rings. The van der Waals surface area contributed by atoms with E-state index in [1.165, 1.54) is 24.1 Å². The summed E-state index contributed by atoms with van der Waals surface area (Å²) in [7, 11) is 0. The monoisotopic (exact) mass is 277 g/mol. The molecule has 0 unspecified atom stereocenters. The van der Waals surface area contributed by atoms with E-state index in [4.69, 9.17) is 5.73 Å². The summed E-state index contributed by atoms with van der Waals surface area (Å²) in [5, 5.41) is 3.13. The van der Waals surface area contributed by atoms with Crippen LogP contribution in [-0.2, 0) is 5.41 Å². The SMILES string of the molecule is CCCCNC(N)=NCC1(c2ccc(F)cc2)CCC1. The fourth-order valence-corrected chi connectivity index (χ4v) is 2.63. The molecule has 110 valence electrons. The topological polar surface area (TPSA) is 50.4 Å². The van der Waals surface area contributed by atoms with Crippen LogP contribution in [0.5, 0.6) is 0 Å². The highest BCUT2D eigenvalue weighted by atomic mass is 19.1. The maximum atomic E-state index is 13.0. The van der Waals surface area contributed by atoms with Crippen LogP contribution in [0.2, 0.25) is 0 Å². The molecule has 1 saturated carbocycles. The number of halogens is 1. The van der Waals surface area contributed by atoms with E-state index in [1.54, 1.807) is 0 Å². The fourth-order valence-electron chi connectivity index (χ4n) is 2.63. The first-order valence-electron chi connectivity index (χ1n) is 7.46. The van der Waals surface area contributed by atoms with Crippen molar-refractivity contribution in [2.75, 3.05) is 13.1 Å². The zero-order valence-corrected chi connectivity index (χ0v) is 12.2. The third-order valence-corrected chi connectivity index (χ3v) is 4.16. The largest absolute Gasteiger partial charge is 0.370 e. The first kappa shape index (κ1) is 14.8. The Morgan fingerprint density at radius 2 is 2.05 bits per heavy atom. The van der Waals surface area contributed by atoms with Gasteiger partial charge in [0, 0.05) is 12.0 Å². The lowest BCUT2D eigenvalue weighted by molar-refractivity contribution is 0.253. The lowest BCUT2D eigenvalue weighted by Gasteiger charge is -2.41. The van der Waals surface area contributed by atoms with E-state index in [-0.39, 0.29) is 11.2 Å². The molecule has 0 bridgehead atoms. The van der Waals surface area contributed by atoms with Crippen molar-refractivity contribution >= 4 is 5.96 Å².